The lowest BCUT2D eigenvalue weighted by atomic mass is 10.0. The van der Waals surface area contributed by atoms with Crippen molar-refractivity contribution >= 4 is 74.1 Å². The van der Waals surface area contributed by atoms with Crippen LogP contribution in [0.1, 0.15) is 22.1 Å². The van der Waals surface area contributed by atoms with E-state index in [1.807, 2.05) is 89.7 Å². The molecule has 1 fully saturated rings. The number of esters is 1. The summed E-state index contributed by atoms with van der Waals surface area (Å²) in [7, 11) is 1.58. The number of fused-ring (bicyclic) bond motifs is 2. The fourth-order valence-electron chi connectivity index (χ4n) is 5.78. The molecule has 0 radical (unpaired) electrons. The lowest BCUT2D eigenvalue weighted by Crippen LogP contribution is -2.70. The van der Waals surface area contributed by atoms with E-state index < -0.39 is 23.5 Å². The van der Waals surface area contributed by atoms with Crippen molar-refractivity contribution in [2.75, 3.05) is 12.9 Å². The van der Waals surface area contributed by atoms with E-state index in [0.29, 0.717) is 22.5 Å². The van der Waals surface area contributed by atoms with E-state index in [9.17, 15) is 19.2 Å². The van der Waals surface area contributed by atoms with Crippen LogP contribution in [0.15, 0.2) is 134 Å². The van der Waals surface area contributed by atoms with Gasteiger partial charge < -0.3 is 14.8 Å². The Balaban J connectivity index is 1.19. The fraction of sp³-hybridized carbons (Fsp3) is 0.158. The highest BCUT2D eigenvalue weighted by molar-refractivity contribution is 8.04. The first-order chi connectivity index (χ1) is 24.4. The normalized spacial score (nSPS) is 17.2. The Morgan fingerprint density at radius 3 is 2.40 bits per heavy atom. The van der Waals surface area contributed by atoms with Gasteiger partial charge in [-0.1, -0.05) is 78.5 Å². The van der Waals surface area contributed by atoms with Gasteiger partial charge in [0.15, 0.2) is 11.5 Å². The van der Waals surface area contributed by atoms with Crippen LogP contribution in [0.25, 0.3) is 10.1 Å². The van der Waals surface area contributed by atoms with Crippen molar-refractivity contribution in [3.63, 3.8) is 0 Å². The molecule has 12 heteroatoms. The van der Waals surface area contributed by atoms with Gasteiger partial charge in [-0.15, -0.1) is 34.4 Å². The Bertz CT molecular complexity index is 2130. The third kappa shape index (κ3) is 7.15. The summed E-state index contributed by atoms with van der Waals surface area (Å²) < 4.78 is 13.2. The lowest BCUT2D eigenvalue weighted by Gasteiger charge is -2.49. The second-order valence-electron chi connectivity index (χ2n) is 11.4. The number of thiophene rings is 1. The summed E-state index contributed by atoms with van der Waals surface area (Å²) >= 11 is 5.77. The minimum Gasteiger partial charge on any atom is -0.497 e. The average Bonchev–Trinajstić information content (AvgIpc) is 3.66. The molecule has 1 N–H and O–H groups in total. The third-order valence-corrected chi connectivity index (χ3v) is 12.4. The summed E-state index contributed by atoms with van der Waals surface area (Å²) in [6.07, 6.45) is 1.26. The molecule has 1 unspecified atom stereocenters. The van der Waals surface area contributed by atoms with E-state index in [1.165, 1.54) is 51.1 Å². The second kappa shape index (κ2) is 15.1. The molecule has 7 rings (SSSR count). The highest BCUT2D eigenvalue weighted by Gasteiger charge is 2.54. The molecule has 2 aliphatic heterocycles. The molecule has 0 aliphatic carbocycles. The average molecular weight is 739 g/mol. The first-order valence-corrected chi connectivity index (χ1v) is 19.3. The van der Waals surface area contributed by atoms with Gasteiger partial charge in [-0.3, -0.25) is 19.3 Å². The number of amides is 2. The molecule has 4 heterocycles. The minimum atomic E-state index is -0.763. The molecule has 0 spiro atoms. The van der Waals surface area contributed by atoms with E-state index in [-0.39, 0.29) is 29.4 Å². The van der Waals surface area contributed by atoms with Gasteiger partial charge in [0.2, 0.25) is 5.91 Å². The summed E-state index contributed by atoms with van der Waals surface area (Å²) in [6.45, 7) is 0. The van der Waals surface area contributed by atoms with E-state index in [0.717, 1.165) is 24.9 Å². The number of carbonyl (C=O) groups excluding carboxylic acids is 3. The van der Waals surface area contributed by atoms with Crippen molar-refractivity contribution in [3.8, 4) is 5.75 Å². The first-order valence-electron chi connectivity index (χ1n) is 15.6. The van der Waals surface area contributed by atoms with Gasteiger partial charge in [-0.25, -0.2) is 4.79 Å². The molecule has 0 saturated carbocycles. The van der Waals surface area contributed by atoms with E-state index in [2.05, 4.69) is 5.32 Å². The van der Waals surface area contributed by atoms with Crippen LogP contribution in [0.4, 0.5) is 0 Å². The van der Waals surface area contributed by atoms with Gasteiger partial charge in [0.25, 0.3) is 5.91 Å². The molecule has 5 aromatic rings. The molecule has 2 aromatic heterocycles. The van der Waals surface area contributed by atoms with E-state index in [4.69, 9.17) is 9.47 Å². The van der Waals surface area contributed by atoms with Crippen LogP contribution < -0.4 is 15.5 Å². The van der Waals surface area contributed by atoms with Crippen LogP contribution in [0, 0.1) is 0 Å². The Morgan fingerprint density at radius 2 is 1.72 bits per heavy atom. The topological polar surface area (TPSA) is 102 Å². The molecule has 0 bridgehead atoms. The highest BCUT2D eigenvalue weighted by atomic mass is 32.2. The van der Waals surface area contributed by atoms with Crippen LogP contribution in [0.2, 0.25) is 0 Å². The SMILES string of the molecule is COc1ccc2c(=O)cc(SC=CC3=C(C(=O)OC(c4ccccc4)c4ccccc4)N4C(=O)C(NC(=O)Cc5cccs5)[C@H]4SC3)sc2c1. The molecule has 2 atom stereocenters. The molecule has 2 amide bonds. The number of hydrogen-bond acceptors (Lipinski definition) is 10. The summed E-state index contributed by atoms with van der Waals surface area (Å²) in [5.74, 6) is -0.194. The predicted molar refractivity (Wildman–Crippen MR) is 201 cm³/mol. The summed E-state index contributed by atoms with van der Waals surface area (Å²) in [5, 5.41) is 6.76. The number of nitrogens with one attached hydrogen (secondary N) is 1. The quantitative estimate of drug-likeness (QED) is 0.0866. The first kappa shape index (κ1) is 33.9. The molecule has 50 heavy (non-hydrogen) atoms. The number of ether oxygens (including phenoxy) is 2. The van der Waals surface area contributed by atoms with E-state index in [1.54, 1.807) is 31.4 Å². The van der Waals surface area contributed by atoms with Crippen molar-refractivity contribution in [2.24, 2.45) is 0 Å². The van der Waals surface area contributed by atoms with Crippen LogP contribution in [0.5, 0.6) is 5.75 Å². The Labute approximate surface area is 304 Å². The van der Waals surface area contributed by atoms with Gasteiger partial charge in [-0.05, 0) is 57.8 Å². The van der Waals surface area contributed by atoms with Gasteiger partial charge in [0.05, 0.1) is 17.7 Å². The highest BCUT2D eigenvalue weighted by Crippen LogP contribution is 2.42. The molecule has 252 valence electrons. The number of benzene rings is 3. The van der Waals surface area contributed by atoms with Crippen molar-refractivity contribution in [1.29, 1.82) is 0 Å². The second-order valence-corrected chi connectivity index (χ2v) is 15.8. The van der Waals surface area contributed by atoms with E-state index >= 15 is 0 Å². The predicted octanol–water partition coefficient (Wildman–Crippen LogP) is 7.17. The number of carbonyl (C=O) groups is 3. The van der Waals surface area contributed by atoms with Gasteiger partial charge in [-0.2, -0.15) is 0 Å². The smallest absolute Gasteiger partial charge is 0.356 e. The number of rotatable bonds is 11. The number of allylic oxidation sites excluding steroid dienone is 1. The zero-order valence-electron chi connectivity index (χ0n) is 26.6. The van der Waals surface area contributed by atoms with Crippen LogP contribution in [-0.4, -0.2) is 47.0 Å². The summed E-state index contributed by atoms with van der Waals surface area (Å²) in [6, 6.07) is 28.9. The largest absolute Gasteiger partial charge is 0.497 e. The minimum absolute atomic E-state index is 0.0944. The van der Waals surface area contributed by atoms with Crippen molar-refractivity contribution in [3.05, 3.63) is 151 Å². The molecule has 3 aromatic carbocycles. The maximum atomic E-state index is 14.3. The van der Waals surface area contributed by atoms with Gasteiger partial charge in [0.1, 0.15) is 22.9 Å². The fourth-order valence-corrected chi connectivity index (χ4v) is 9.81. The Hall–Kier alpha value is -4.62. The molecular weight excluding hydrogens is 709 g/mol. The standard InChI is InChI=1S/C38H30N2O6S4/c1-45-26-14-15-28-29(41)21-32(50-30(28)19-26)48-18-16-25-22-49-37-33(39-31(42)20-27-13-8-17-47-27)36(43)40(37)34(25)38(44)46-35(23-9-4-2-5-10-23)24-11-6-3-7-12-24/h2-19,21,33,35,37H,20,22H2,1H3,(H,39,42)/t33?,37-/m1/s1. The summed E-state index contributed by atoms with van der Waals surface area (Å²) in [5.41, 5.74) is 2.24. The molecule has 1 saturated heterocycles. The maximum Gasteiger partial charge on any atom is 0.356 e. The number of hydrogen-bond donors (Lipinski definition) is 1. The Morgan fingerprint density at radius 1 is 0.980 bits per heavy atom. The number of β-lactam (4-membered cyclic amide) rings is 1. The molecule has 2 aliphatic rings. The zero-order chi connectivity index (χ0) is 34.6. The van der Waals surface area contributed by atoms with Crippen molar-refractivity contribution in [1.82, 2.24) is 10.2 Å². The third-order valence-electron chi connectivity index (χ3n) is 8.22. The summed E-state index contributed by atoms with van der Waals surface area (Å²) in [4.78, 5) is 56.0. The zero-order valence-corrected chi connectivity index (χ0v) is 29.9. The lowest BCUT2D eigenvalue weighted by molar-refractivity contribution is -0.154. The number of nitrogens with zero attached hydrogens (tertiary/aromatic N) is 1. The Kier molecular flexibility index (Phi) is 10.2. The molecular formula is C38H30N2O6S4. The van der Waals surface area contributed by atoms with Gasteiger partial charge in [0, 0.05) is 26.8 Å². The van der Waals surface area contributed by atoms with Crippen LogP contribution in [0.3, 0.4) is 0 Å². The van der Waals surface area contributed by atoms with Crippen LogP contribution in [-0.2, 0) is 25.5 Å². The maximum absolute atomic E-state index is 14.3. The van der Waals surface area contributed by atoms with Crippen molar-refractivity contribution < 1.29 is 23.9 Å². The monoisotopic (exact) mass is 738 g/mol. The number of thioether (sulfide) groups is 2. The van der Waals surface area contributed by atoms with Gasteiger partial charge >= 0.3 is 5.97 Å². The van der Waals surface area contributed by atoms with Crippen LogP contribution >= 0.6 is 46.2 Å². The van der Waals surface area contributed by atoms with Crippen molar-refractivity contribution in [2.45, 2.75) is 28.1 Å². The molecule has 8 nitrogen and oxygen atoms in total. The number of methoxy groups -OCH3 is 1.